The van der Waals surface area contributed by atoms with Crippen LogP contribution in [0, 0.1) is 17.1 Å². The van der Waals surface area contributed by atoms with Gasteiger partial charge in [-0.3, -0.25) is 4.79 Å². The van der Waals surface area contributed by atoms with E-state index in [0.29, 0.717) is 18.4 Å². The zero-order chi connectivity index (χ0) is 19.4. The van der Waals surface area contributed by atoms with Crippen LogP contribution in [0.3, 0.4) is 0 Å². The molecule has 6 nitrogen and oxygen atoms in total. The van der Waals surface area contributed by atoms with E-state index in [1.165, 1.54) is 12.1 Å². The van der Waals surface area contributed by atoms with Crippen LogP contribution in [0.2, 0.25) is 0 Å². The van der Waals surface area contributed by atoms with E-state index in [-0.39, 0.29) is 22.8 Å². The Morgan fingerprint density at radius 3 is 2.59 bits per heavy atom. The lowest BCUT2D eigenvalue weighted by atomic mass is 9.81. The van der Waals surface area contributed by atoms with Crippen molar-refractivity contribution in [2.75, 3.05) is 7.05 Å². The molecule has 0 spiro atoms. The number of carbonyl (C=O) groups excluding carboxylic acids is 1. The monoisotopic (exact) mass is 388 g/mol. The number of carbonyl (C=O) groups is 1. The molecule has 142 valence electrons. The van der Waals surface area contributed by atoms with Crippen molar-refractivity contribution in [2.45, 2.75) is 55.0 Å². The van der Waals surface area contributed by atoms with E-state index < -0.39 is 10.8 Å². The SMILES string of the molecule is C[C@@H](Sc1nnc(-c2ccc(F)cc2)o1)C(=O)N(C)C1(C#N)CCCCC1. The van der Waals surface area contributed by atoms with Crippen molar-refractivity contribution >= 4 is 17.7 Å². The zero-order valence-corrected chi connectivity index (χ0v) is 16.1. The molecule has 2 aromatic rings. The molecule has 1 saturated carbocycles. The molecule has 1 atom stereocenters. The molecule has 0 radical (unpaired) electrons. The molecule has 27 heavy (non-hydrogen) atoms. The fourth-order valence-corrected chi connectivity index (χ4v) is 4.09. The van der Waals surface area contributed by atoms with Crippen molar-refractivity contribution in [2.24, 2.45) is 0 Å². The average molecular weight is 388 g/mol. The van der Waals surface area contributed by atoms with Crippen LogP contribution < -0.4 is 0 Å². The molecule has 1 fully saturated rings. The second-order valence-electron chi connectivity index (χ2n) is 6.74. The summed E-state index contributed by atoms with van der Waals surface area (Å²) in [5.41, 5.74) is -0.115. The summed E-state index contributed by atoms with van der Waals surface area (Å²) in [5, 5.41) is 17.4. The molecule has 0 saturated heterocycles. The molecule has 0 N–H and O–H groups in total. The number of amides is 1. The highest BCUT2D eigenvalue weighted by molar-refractivity contribution is 8.00. The van der Waals surface area contributed by atoms with Crippen LogP contribution in [0.5, 0.6) is 0 Å². The third-order valence-corrected chi connectivity index (χ3v) is 5.91. The molecule has 0 aliphatic heterocycles. The molecule has 1 aromatic heterocycles. The molecule has 1 aromatic carbocycles. The average Bonchev–Trinajstić information content (AvgIpc) is 3.16. The van der Waals surface area contributed by atoms with Gasteiger partial charge in [0.25, 0.3) is 5.22 Å². The summed E-state index contributed by atoms with van der Waals surface area (Å²) in [6, 6.07) is 8.11. The third kappa shape index (κ3) is 4.14. The number of benzene rings is 1. The van der Waals surface area contributed by atoms with E-state index in [1.807, 2.05) is 0 Å². The van der Waals surface area contributed by atoms with Crippen LogP contribution in [0.1, 0.15) is 39.0 Å². The lowest BCUT2D eigenvalue weighted by molar-refractivity contribution is -0.133. The lowest BCUT2D eigenvalue weighted by Crippen LogP contribution is -2.52. The first-order valence-electron chi connectivity index (χ1n) is 8.90. The fraction of sp³-hybridized carbons (Fsp3) is 0.474. The van der Waals surface area contributed by atoms with Crippen LogP contribution in [-0.2, 0) is 4.79 Å². The molecular formula is C19H21FN4O2S. The van der Waals surface area contributed by atoms with E-state index in [2.05, 4.69) is 16.3 Å². The predicted octanol–water partition coefficient (Wildman–Crippen LogP) is 4.04. The Balaban J connectivity index is 1.68. The highest BCUT2D eigenvalue weighted by atomic mass is 32.2. The number of aromatic nitrogens is 2. The summed E-state index contributed by atoms with van der Waals surface area (Å²) >= 11 is 1.16. The maximum Gasteiger partial charge on any atom is 0.277 e. The number of nitrogens with zero attached hydrogens (tertiary/aromatic N) is 4. The first-order valence-corrected chi connectivity index (χ1v) is 9.78. The van der Waals surface area contributed by atoms with Gasteiger partial charge < -0.3 is 9.32 Å². The van der Waals surface area contributed by atoms with Gasteiger partial charge in [-0.2, -0.15) is 5.26 Å². The van der Waals surface area contributed by atoms with E-state index in [4.69, 9.17) is 4.42 Å². The van der Waals surface area contributed by atoms with Gasteiger partial charge in [0.15, 0.2) is 0 Å². The maximum atomic E-state index is 13.0. The number of thioether (sulfide) groups is 1. The van der Waals surface area contributed by atoms with Gasteiger partial charge in [-0.05, 0) is 44.0 Å². The second-order valence-corrected chi connectivity index (χ2v) is 8.03. The van der Waals surface area contributed by atoms with Gasteiger partial charge >= 0.3 is 0 Å². The van der Waals surface area contributed by atoms with Gasteiger partial charge in [-0.25, -0.2) is 4.39 Å². The van der Waals surface area contributed by atoms with E-state index in [0.717, 1.165) is 31.0 Å². The maximum absolute atomic E-state index is 13.0. The molecule has 1 aliphatic carbocycles. The fourth-order valence-electron chi connectivity index (χ4n) is 3.31. The Kier molecular flexibility index (Phi) is 5.80. The summed E-state index contributed by atoms with van der Waals surface area (Å²) in [6.45, 7) is 1.76. The Hall–Kier alpha value is -2.40. The Bertz CT molecular complexity index is 840. The zero-order valence-electron chi connectivity index (χ0n) is 15.3. The summed E-state index contributed by atoms with van der Waals surface area (Å²) in [6.07, 6.45) is 4.43. The number of hydrogen-bond donors (Lipinski definition) is 0. The Morgan fingerprint density at radius 2 is 1.96 bits per heavy atom. The first kappa shape index (κ1) is 19.4. The van der Waals surface area contributed by atoms with Crippen LogP contribution >= 0.6 is 11.8 Å². The molecule has 0 bridgehead atoms. The standard InChI is InChI=1S/C19H21FN4O2S/c1-13(17(25)24(2)19(12-21)10-4-3-5-11-19)27-18-23-22-16(26-18)14-6-8-15(20)9-7-14/h6-9,13H,3-5,10-11H2,1-2H3/t13-/m1/s1. The third-order valence-electron chi connectivity index (χ3n) is 4.98. The summed E-state index contributed by atoms with van der Waals surface area (Å²) in [5.74, 6) is -0.208. The molecule has 1 amide bonds. The smallest absolute Gasteiger partial charge is 0.277 e. The Labute approximate surface area is 161 Å². The minimum Gasteiger partial charge on any atom is -0.411 e. The second kappa shape index (κ2) is 8.09. The number of hydrogen-bond acceptors (Lipinski definition) is 6. The Morgan fingerprint density at radius 1 is 1.30 bits per heavy atom. The van der Waals surface area contributed by atoms with E-state index >= 15 is 0 Å². The van der Waals surface area contributed by atoms with Crippen molar-refractivity contribution in [1.82, 2.24) is 15.1 Å². The number of rotatable bonds is 5. The highest BCUT2D eigenvalue weighted by Crippen LogP contribution is 2.34. The molecule has 0 unspecified atom stereocenters. The number of halogens is 1. The van der Waals surface area contributed by atoms with Crippen LogP contribution in [0.25, 0.3) is 11.5 Å². The lowest BCUT2D eigenvalue weighted by Gasteiger charge is -2.39. The summed E-state index contributed by atoms with van der Waals surface area (Å²) in [4.78, 5) is 14.4. The van der Waals surface area contributed by atoms with Gasteiger partial charge in [0.05, 0.1) is 11.3 Å². The largest absolute Gasteiger partial charge is 0.411 e. The van der Waals surface area contributed by atoms with Gasteiger partial charge in [0, 0.05) is 12.6 Å². The van der Waals surface area contributed by atoms with Crippen molar-refractivity contribution in [3.63, 3.8) is 0 Å². The van der Waals surface area contributed by atoms with E-state index in [1.54, 1.807) is 31.0 Å². The topological polar surface area (TPSA) is 83.0 Å². The summed E-state index contributed by atoms with van der Waals surface area (Å²) < 4.78 is 18.6. The van der Waals surface area contributed by atoms with Crippen molar-refractivity contribution in [3.05, 3.63) is 30.1 Å². The quantitative estimate of drug-likeness (QED) is 0.719. The molecular weight excluding hydrogens is 367 g/mol. The van der Waals surface area contributed by atoms with Crippen molar-refractivity contribution < 1.29 is 13.6 Å². The van der Waals surface area contributed by atoms with Crippen LogP contribution in [0.15, 0.2) is 33.9 Å². The van der Waals surface area contributed by atoms with Crippen LogP contribution in [-0.4, -0.2) is 38.8 Å². The van der Waals surface area contributed by atoms with E-state index in [9.17, 15) is 14.4 Å². The van der Waals surface area contributed by atoms with Gasteiger partial charge in [0.1, 0.15) is 11.4 Å². The molecule has 3 rings (SSSR count). The normalized spacial score (nSPS) is 17.1. The molecule has 1 aliphatic rings. The van der Waals surface area contributed by atoms with Gasteiger partial charge in [-0.15, -0.1) is 10.2 Å². The minimum atomic E-state index is -0.724. The molecule has 1 heterocycles. The summed E-state index contributed by atoms with van der Waals surface area (Å²) in [7, 11) is 1.70. The molecule has 8 heteroatoms. The van der Waals surface area contributed by atoms with Crippen molar-refractivity contribution in [3.8, 4) is 17.5 Å². The van der Waals surface area contributed by atoms with Gasteiger partial charge in [-0.1, -0.05) is 31.0 Å². The number of nitriles is 1. The van der Waals surface area contributed by atoms with Crippen molar-refractivity contribution in [1.29, 1.82) is 5.26 Å². The highest BCUT2D eigenvalue weighted by Gasteiger charge is 2.40. The predicted molar refractivity (Wildman–Crippen MR) is 99.2 cm³/mol. The minimum absolute atomic E-state index is 0.134. The van der Waals surface area contributed by atoms with Gasteiger partial charge in [0.2, 0.25) is 11.8 Å². The van der Waals surface area contributed by atoms with Crippen LogP contribution in [0.4, 0.5) is 4.39 Å². The first-order chi connectivity index (χ1) is 12.9.